The number of carbonyl (C=O) groups excluding carboxylic acids is 2. The molecule has 0 aromatic heterocycles. The molecule has 0 amide bonds. The number of halogens is 1. The van der Waals surface area contributed by atoms with E-state index in [1.165, 1.54) is 7.11 Å². The summed E-state index contributed by atoms with van der Waals surface area (Å²) in [6, 6.07) is 8.72. The monoisotopic (exact) mass is 286 g/mol. The lowest BCUT2D eigenvalue weighted by Gasteiger charge is -2.15. The minimum absolute atomic E-state index is 0.0350. The minimum Gasteiger partial charge on any atom is -0.466 e. The normalized spacial score (nSPS) is 11.6. The number of benzene rings is 1. The Bertz CT molecular complexity index is 364. The van der Waals surface area contributed by atoms with Crippen LogP contribution >= 0.6 is 15.9 Å². The van der Waals surface area contributed by atoms with Crippen LogP contribution in [0.4, 0.5) is 0 Å². The lowest BCUT2D eigenvalue weighted by molar-refractivity contribution is -0.164. The van der Waals surface area contributed by atoms with Crippen LogP contribution in [-0.2, 0) is 19.1 Å². The van der Waals surface area contributed by atoms with Crippen LogP contribution in [0.1, 0.15) is 11.7 Å². The highest BCUT2D eigenvalue weighted by molar-refractivity contribution is 9.09. The summed E-state index contributed by atoms with van der Waals surface area (Å²) in [6.07, 6.45) is -1.00. The highest BCUT2D eigenvalue weighted by Gasteiger charge is 2.25. The smallest absolute Gasteiger partial charge is 0.351 e. The average Bonchev–Trinajstić information content (AvgIpc) is 2.35. The molecular formula is C11H11BrO4. The second-order valence-corrected chi connectivity index (χ2v) is 3.50. The quantitative estimate of drug-likeness (QED) is 0.626. The van der Waals surface area contributed by atoms with Crippen molar-refractivity contribution in [3.8, 4) is 0 Å². The maximum atomic E-state index is 11.4. The van der Waals surface area contributed by atoms with Crippen molar-refractivity contribution in [2.75, 3.05) is 12.4 Å². The molecule has 0 fully saturated rings. The lowest BCUT2D eigenvalue weighted by Crippen LogP contribution is -2.21. The first kappa shape index (κ1) is 12.7. The van der Waals surface area contributed by atoms with Crippen LogP contribution in [0.2, 0.25) is 0 Å². The molecule has 0 spiro atoms. The molecule has 4 nitrogen and oxygen atoms in total. The van der Waals surface area contributed by atoms with E-state index in [9.17, 15) is 9.59 Å². The SMILES string of the molecule is COC(=O)C(OC(=O)CBr)c1ccccc1. The predicted octanol–water partition coefficient (Wildman–Crippen LogP) is 1.84. The van der Waals surface area contributed by atoms with Gasteiger partial charge in [-0.25, -0.2) is 4.79 Å². The summed E-state index contributed by atoms with van der Waals surface area (Å²) in [5, 5.41) is 0.0350. The van der Waals surface area contributed by atoms with Crippen LogP contribution < -0.4 is 0 Å². The third kappa shape index (κ3) is 3.34. The number of alkyl halides is 1. The second-order valence-electron chi connectivity index (χ2n) is 2.94. The Morgan fingerprint density at radius 3 is 2.44 bits per heavy atom. The summed E-state index contributed by atoms with van der Waals surface area (Å²) in [4.78, 5) is 22.6. The number of hydrogen-bond donors (Lipinski definition) is 0. The summed E-state index contributed by atoms with van der Waals surface area (Å²) >= 11 is 2.96. The van der Waals surface area contributed by atoms with Gasteiger partial charge in [-0.1, -0.05) is 46.3 Å². The molecule has 0 saturated carbocycles. The molecule has 16 heavy (non-hydrogen) atoms. The standard InChI is InChI=1S/C11H11BrO4/c1-15-11(14)10(16-9(13)7-12)8-5-3-2-4-6-8/h2-6,10H,7H2,1H3. The van der Waals surface area contributed by atoms with Crippen LogP contribution in [0, 0.1) is 0 Å². The molecule has 0 saturated heterocycles. The van der Waals surface area contributed by atoms with E-state index < -0.39 is 18.0 Å². The topological polar surface area (TPSA) is 52.6 Å². The van der Waals surface area contributed by atoms with Crippen LogP contribution in [0.5, 0.6) is 0 Å². The Kier molecular flexibility index (Phi) is 4.98. The van der Waals surface area contributed by atoms with Crippen molar-refractivity contribution < 1.29 is 19.1 Å². The van der Waals surface area contributed by atoms with Crippen molar-refractivity contribution in [1.82, 2.24) is 0 Å². The molecule has 0 heterocycles. The van der Waals surface area contributed by atoms with Gasteiger partial charge in [-0.2, -0.15) is 0 Å². The zero-order valence-corrected chi connectivity index (χ0v) is 10.3. The molecular weight excluding hydrogens is 276 g/mol. The Labute approximate surface area is 102 Å². The van der Waals surface area contributed by atoms with E-state index in [1.807, 2.05) is 6.07 Å². The maximum Gasteiger partial charge on any atom is 0.351 e. The van der Waals surface area contributed by atoms with Gasteiger partial charge in [0.25, 0.3) is 0 Å². The van der Waals surface area contributed by atoms with Crippen LogP contribution in [0.15, 0.2) is 30.3 Å². The highest BCUT2D eigenvalue weighted by atomic mass is 79.9. The van der Waals surface area contributed by atoms with Crippen LogP contribution in [0.3, 0.4) is 0 Å². The Hall–Kier alpha value is -1.36. The third-order valence-electron chi connectivity index (χ3n) is 1.88. The molecule has 5 heteroatoms. The van der Waals surface area contributed by atoms with Crippen molar-refractivity contribution in [2.45, 2.75) is 6.10 Å². The first-order valence-corrected chi connectivity index (χ1v) is 5.69. The van der Waals surface area contributed by atoms with Gasteiger partial charge in [0, 0.05) is 5.56 Å². The first-order valence-electron chi connectivity index (χ1n) is 4.57. The molecule has 0 aliphatic rings. The van der Waals surface area contributed by atoms with Crippen molar-refractivity contribution in [1.29, 1.82) is 0 Å². The number of hydrogen-bond acceptors (Lipinski definition) is 4. The number of ether oxygens (including phenoxy) is 2. The summed E-state index contributed by atoms with van der Waals surface area (Å²) in [5.41, 5.74) is 0.587. The van der Waals surface area contributed by atoms with E-state index in [2.05, 4.69) is 20.7 Å². The fraction of sp³-hybridized carbons (Fsp3) is 0.273. The van der Waals surface area contributed by atoms with Gasteiger partial charge in [-0.3, -0.25) is 4.79 Å². The first-order chi connectivity index (χ1) is 7.69. The second kappa shape index (κ2) is 6.27. The predicted molar refractivity (Wildman–Crippen MR) is 61.1 cm³/mol. The van der Waals surface area contributed by atoms with E-state index in [1.54, 1.807) is 24.3 Å². The molecule has 1 aromatic carbocycles. The molecule has 0 aliphatic carbocycles. The van der Waals surface area contributed by atoms with Crippen molar-refractivity contribution >= 4 is 27.9 Å². The summed E-state index contributed by atoms with van der Waals surface area (Å²) in [7, 11) is 1.25. The van der Waals surface area contributed by atoms with E-state index in [0.29, 0.717) is 5.56 Å². The van der Waals surface area contributed by atoms with E-state index in [0.717, 1.165) is 0 Å². The van der Waals surface area contributed by atoms with Crippen LogP contribution in [0.25, 0.3) is 0 Å². The molecule has 1 unspecified atom stereocenters. The molecule has 0 N–H and O–H groups in total. The minimum atomic E-state index is -1.00. The van der Waals surface area contributed by atoms with Gasteiger partial charge in [0.1, 0.15) is 5.33 Å². The van der Waals surface area contributed by atoms with Crippen molar-refractivity contribution in [3.63, 3.8) is 0 Å². The van der Waals surface area contributed by atoms with Crippen LogP contribution in [-0.4, -0.2) is 24.4 Å². The summed E-state index contributed by atoms with van der Waals surface area (Å²) < 4.78 is 9.56. The number of esters is 2. The van der Waals surface area contributed by atoms with Gasteiger partial charge in [-0.15, -0.1) is 0 Å². The van der Waals surface area contributed by atoms with E-state index >= 15 is 0 Å². The molecule has 86 valence electrons. The number of methoxy groups -OCH3 is 1. The van der Waals surface area contributed by atoms with E-state index in [-0.39, 0.29) is 5.33 Å². The Morgan fingerprint density at radius 1 is 1.31 bits per heavy atom. The Balaban J connectivity index is 2.88. The zero-order chi connectivity index (χ0) is 12.0. The molecule has 0 radical (unpaired) electrons. The summed E-state index contributed by atoms with van der Waals surface area (Å²) in [5.74, 6) is -1.11. The zero-order valence-electron chi connectivity index (χ0n) is 8.68. The number of carbonyl (C=O) groups is 2. The Morgan fingerprint density at radius 2 is 1.94 bits per heavy atom. The van der Waals surface area contributed by atoms with Gasteiger partial charge < -0.3 is 9.47 Å². The van der Waals surface area contributed by atoms with Gasteiger partial charge in [0.05, 0.1) is 7.11 Å². The fourth-order valence-electron chi connectivity index (χ4n) is 1.15. The van der Waals surface area contributed by atoms with Crippen molar-refractivity contribution in [2.24, 2.45) is 0 Å². The van der Waals surface area contributed by atoms with Gasteiger partial charge in [0.15, 0.2) is 0 Å². The average molecular weight is 287 g/mol. The summed E-state index contributed by atoms with van der Waals surface area (Å²) in [6.45, 7) is 0. The lowest BCUT2D eigenvalue weighted by atomic mass is 10.1. The number of rotatable bonds is 4. The maximum absolute atomic E-state index is 11.4. The molecule has 1 rings (SSSR count). The largest absolute Gasteiger partial charge is 0.466 e. The van der Waals surface area contributed by atoms with Crippen molar-refractivity contribution in [3.05, 3.63) is 35.9 Å². The third-order valence-corrected chi connectivity index (χ3v) is 2.33. The van der Waals surface area contributed by atoms with E-state index in [4.69, 9.17) is 4.74 Å². The van der Waals surface area contributed by atoms with Gasteiger partial charge >= 0.3 is 11.9 Å². The molecule has 0 bridgehead atoms. The van der Waals surface area contributed by atoms with Gasteiger partial charge in [0.2, 0.25) is 6.10 Å². The van der Waals surface area contributed by atoms with Gasteiger partial charge in [-0.05, 0) is 0 Å². The molecule has 0 aliphatic heterocycles. The molecule has 1 atom stereocenters. The highest BCUT2D eigenvalue weighted by Crippen LogP contribution is 2.19. The molecule has 1 aromatic rings. The fourth-order valence-corrected chi connectivity index (χ4v) is 1.28.